The largest absolute Gasteiger partial charge is 0.495 e. The standard InChI is InChI=1S/C16H25ClN4O2.HI/c1-16(2)11-21(8-9-23-16)7-6-19-15(18)20-12-4-5-14(22-3)13(17)10-12;/h4-5,10H,6-9,11H2,1-3H3,(H3,18,19,20);1H. The number of ether oxygens (including phenoxy) is 2. The topological polar surface area (TPSA) is 72.1 Å². The third-order valence-electron chi connectivity index (χ3n) is 3.63. The molecule has 0 aliphatic carbocycles. The fourth-order valence-corrected chi connectivity index (χ4v) is 2.81. The normalized spacial score (nSPS) is 17.9. The SMILES string of the molecule is COc1ccc(NC(N)=NCCN2CCOC(C)(C)C2)cc1Cl.I. The van der Waals surface area contributed by atoms with E-state index in [1.165, 1.54) is 0 Å². The average Bonchev–Trinajstić information content (AvgIpc) is 2.46. The van der Waals surface area contributed by atoms with Crippen molar-refractivity contribution in [1.29, 1.82) is 0 Å². The van der Waals surface area contributed by atoms with Crippen LogP contribution in [0.5, 0.6) is 5.75 Å². The number of methoxy groups -OCH3 is 1. The Morgan fingerprint density at radius 2 is 2.25 bits per heavy atom. The molecule has 0 atom stereocenters. The van der Waals surface area contributed by atoms with Crippen LogP contribution in [0.2, 0.25) is 5.02 Å². The molecule has 1 saturated heterocycles. The lowest BCUT2D eigenvalue weighted by molar-refractivity contribution is -0.0850. The molecule has 1 heterocycles. The van der Waals surface area contributed by atoms with E-state index in [0.29, 0.717) is 23.3 Å². The molecule has 0 bridgehead atoms. The van der Waals surface area contributed by atoms with Crippen LogP contribution in [0.1, 0.15) is 13.8 Å². The van der Waals surface area contributed by atoms with E-state index in [4.69, 9.17) is 26.8 Å². The molecule has 1 aromatic carbocycles. The Labute approximate surface area is 165 Å². The van der Waals surface area contributed by atoms with Crippen LogP contribution in [0, 0.1) is 0 Å². The molecular weight excluding hydrogens is 443 g/mol. The first-order valence-electron chi connectivity index (χ1n) is 7.66. The highest BCUT2D eigenvalue weighted by atomic mass is 127. The number of hydrogen-bond donors (Lipinski definition) is 2. The number of aliphatic imine (C=N–C) groups is 1. The Balaban J connectivity index is 0.00000288. The molecule has 136 valence electrons. The summed E-state index contributed by atoms with van der Waals surface area (Å²) in [6, 6.07) is 5.39. The molecular formula is C16H26ClIN4O2. The van der Waals surface area contributed by atoms with Crippen LogP contribution in [-0.2, 0) is 4.74 Å². The van der Waals surface area contributed by atoms with Crippen molar-refractivity contribution in [2.75, 3.05) is 45.2 Å². The van der Waals surface area contributed by atoms with Gasteiger partial charge in [-0.25, -0.2) is 0 Å². The van der Waals surface area contributed by atoms with Gasteiger partial charge in [0.2, 0.25) is 0 Å². The van der Waals surface area contributed by atoms with Crippen LogP contribution >= 0.6 is 35.6 Å². The molecule has 0 aromatic heterocycles. The maximum Gasteiger partial charge on any atom is 0.193 e. The number of nitrogens with zero attached hydrogens (tertiary/aromatic N) is 2. The number of halogens is 2. The second kappa shape index (κ2) is 9.65. The fourth-order valence-electron chi connectivity index (χ4n) is 2.55. The number of hydrogen-bond acceptors (Lipinski definition) is 4. The monoisotopic (exact) mass is 468 g/mol. The van der Waals surface area contributed by atoms with E-state index >= 15 is 0 Å². The Hall–Kier alpha value is -0.770. The first-order valence-corrected chi connectivity index (χ1v) is 8.04. The van der Waals surface area contributed by atoms with E-state index in [1.807, 2.05) is 6.07 Å². The molecule has 0 amide bonds. The van der Waals surface area contributed by atoms with E-state index in [-0.39, 0.29) is 29.6 Å². The number of nitrogens with one attached hydrogen (secondary N) is 1. The van der Waals surface area contributed by atoms with Crippen molar-refractivity contribution in [2.24, 2.45) is 10.7 Å². The van der Waals surface area contributed by atoms with Crippen LogP contribution in [0.4, 0.5) is 5.69 Å². The first-order chi connectivity index (χ1) is 10.9. The third-order valence-corrected chi connectivity index (χ3v) is 3.92. The molecule has 2 rings (SSSR count). The lowest BCUT2D eigenvalue weighted by atomic mass is 10.1. The quantitative estimate of drug-likeness (QED) is 0.395. The minimum absolute atomic E-state index is 0. The van der Waals surface area contributed by atoms with Crippen molar-refractivity contribution in [2.45, 2.75) is 19.4 Å². The van der Waals surface area contributed by atoms with Gasteiger partial charge in [0.1, 0.15) is 5.75 Å². The minimum Gasteiger partial charge on any atom is -0.495 e. The summed E-state index contributed by atoms with van der Waals surface area (Å²) in [7, 11) is 1.58. The van der Waals surface area contributed by atoms with Crippen LogP contribution < -0.4 is 15.8 Å². The second-order valence-electron chi connectivity index (χ2n) is 6.13. The summed E-state index contributed by atoms with van der Waals surface area (Å²) < 4.78 is 10.8. The second-order valence-corrected chi connectivity index (χ2v) is 6.53. The summed E-state index contributed by atoms with van der Waals surface area (Å²) in [5.74, 6) is 1.00. The van der Waals surface area contributed by atoms with E-state index in [0.717, 1.165) is 31.9 Å². The number of guanidine groups is 1. The Morgan fingerprint density at radius 1 is 1.50 bits per heavy atom. The van der Waals surface area contributed by atoms with Gasteiger partial charge < -0.3 is 20.5 Å². The smallest absolute Gasteiger partial charge is 0.193 e. The highest BCUT2D eigenvalue weighted by Gasteiger charge is 2.26. The zero-order chi connectivity index (χ0) is 16.9. The number of nitrogens with two attached hydrogens (primary N) is 1. The lowest BCUT2D eigenvalue weighted by Gasteiger charge is -2.37. The summed E-state index contributed by atoms with van der Waals surface area (Å²) in [5.41, 5.74) is 6.61. The van der Waals surface area contributed by atoms with E-state index < -0.39 is 0 Å². The molecule has 6 nitrogen and oxygen atoms in total. The van der Waals surface area contributed by atoms with Crippen molar-refractivity contribution in [3.05, 3.63) is 23.2 Å². The number of rotatable bonds is 5. The molecule has 1 aromatic rings. The van der Waals surface area contributed by atoms with Gasteiger partial charge in [0.25, 0.3) is 0 Å². The molecule has 0 spiro atoms. The summed E-state index contributed by atoms with van der Waals surface area (Å²) in [6.07, 6.45) is 0. The fraction of sp³-hybridized carbons (Fsp3) is 0.562. The molecule has 0 radical (unpaired) electrons. The number of anilines is 1. The molecule has 0 saturated carbocycles. The van der Waals surface area contributed by atoms with Gasteiger partial charge in [-0.15, -0.1) is 24.0 Å². The van der Waals surface area contributed by atoms with Gasteiger partial charge in [0.15, 0.2) is 5.96 Å². The third kappa shape index (κ3) is 6.62. The van der Waals surface area contributed by atoms with Gasteiger partial charge in [0.05, 0.1) is 30.9 Å². The molecule has 1 aliphatic heterocycles. The lowest BCUT2D eigenvalue weighted by Crippen LogP contribution is -2.49. The molecule has 24 heavy (non-hydrogen) atoms. The van der Waals surface area contributed by atoms with Gasteiger partial charge >= 0.3 is 0 Å². The Bertz CT molecular complexity index is 569. The van der Waals surface area contributed by atoms with E-state index in [2.05, 4.69) is 29.1 Å². The summed E-state index contributed by atoms with van der Waals surface area (Å²) in [6.45, 7) is 8.30. The average molecular weight is 469 g/mol. The van der Waals surface area contributed by atoms with E-state index in [9.17, 15) is 0 Å². The summed E-state index contributed by atoms with van der Waals surface area (Å²) >= 11 is 6.08. The van der Waals surface area contributed by atoms with Gasteiger partial charge in [-0.05, 0) is 32.0 Å². The zero-order valence-corrected chi connectivity index (χ0v) is 17.4. The van der Waals surface area contributed by atoms with Crippen molar-refractivity contribution in [3.63, 3.8) is 0 Å². The first kappa shape index (κ1) is 21.3. The molecule has 8 heteroatoms. The van der Waals surface area contributed by atoms with Gasteiger partial charge in [-0.2, -0.15) is 0 Å². The van der Waals surface area contributed by atoms with Crippen LogP contribution in [-0.4, -0.2) is 56.4 Å². The number of morpholine rings is 1. The van der Waals surface area contributed by atoms with Crippen molar-refractivity contribution in [1.82, 2.24) is 4.90 Å². The van der Waals surface area contributed by atoms with E-state index in [1.54, 1.807) is 19.2 Å². The van der Waals surface area contributed by atoms with Gasteiger partial charge in [-0.1, -0.05) is 11.6 Å². The molecule has 1 aliphatic rings. The molecule has 1 fully saturated rings. The maximum atomic E-state index is 6.08. The van der Waals surface area contributed by atoms with Crippen molar-refractivity contribution < 1.29 is 9.47 Å². The van der Waals surface area contributed by atoms with Gasteiger partial charge in [-0.3, -0.25) is 9.89 Å². The van der Waals surface area contributed by atoms with Crippen molar-refractivity contribution >= 4 is 47.2 Å². The highest BCUT2D eigenvalue weighted by molar-refractivity contribution is 14.0. The van der Waals surface area contributed by atoms with Crippen LogP contribution in [0.15, 0.2) is 23.2 Å². The van der Waals surface area contributed by atoms with Gasteiger partial charge in [0, 0.05) is 25.3 Å². The summed E-state index contributed by atoms with van der Waals surface area (Å²) in [4.78, 5) is 6.70. The predicted molar refractivity (Wildman–Crippen MR) is 110 cm³/mol. The van der Waals surface area contributed by atoms with Crippen LogP contribution in [0.3, 0.4) is 0 Å². The molecule has 3 N–H and O–H groups in total. The molecule has 0 unspecified atom stereocenters. The maximum absolute atomic E-state index is 6.08. The van der Waals surface area contributed by atoms with Crippen LogP contribution in [0.25, 0.3) is 0 Å². The zero-order valence-electron chi connectivity index (χ0n) is 14.3. The predicted octanol–water partition coefficient (Wildman–Crippen LogP) is 2.80. The number of benzene rings is 1. The Kier molecular flexibility index (Phi) is 8.55. The Morgan fingerprint density at radius 3 is 2.88 bits per heavy atom. The minimum atomic E-state index is -0.0917. The summed E-state index contributed by atoms with van der Waals surface area (Å²) in [5, 5.41) is 3.56. The van der Waals surface area contributed by atoms with Crippen molar-refractivity contribution in [3.8, 4) is 5.75 Å². The highest BCUT2D eigenvalue weighted by Crippen LogP contribution is 2.27.